The van der Waals surface area contributed by atoms with Gasteiger partial charge in [-0.1, -0.05) is 31.2 Å². The third-order valence-corrected chi connectivity index (χ3v) is 8.21. The Labute approximate surface area is 276 Å². The van der Waals surface area contributed by atoms with Crippen molar-refractivity contribution in [3.8, 4) is 23.8 Å². The van der Waals surface area contributed by atoms with Crippen LogP contribution in [0.1, 0.15) is 30.1 Å². The second-order valence-electron chi connectivity index (χ2n) is 11.6. The SMILES string of the molecule is C#CCCO[C@@H]1O[C@H](CO[C@]2(C(=O)O)C[C@H](O)[C@@H](C)[C@H]([C@H](O)[C@H](O)CNC(=O)c3cccc(Oc4ccccc4)c3)O2)[C@H](O)[C@H](O)[C@H]1O. The van der Waals surface area contributed by atoms with Gasteiger partial charge in [0.15, 0.2) is 6.29 Å². The number of carboxylic acid groups (broad SMARTS) is 1. The van der Waals surface area contributed by atoms with Crippen molar-refractivity contribution in [2.24, 2.45) is 5.92 Å². The molecule has 262 valence electrons. The first-order valence-corrected chi connectivity index (χ1v) is 15.3. The molecular formula is C33H41NO14. The number of terminal acetylenes is 1. The lowest BCUT2D eigenvalue weighted by Crippen LogP contribution is -2.63. The van der Waals surface area contributed by atoms with Crippen LogP contribution in [0.4, 0.5) is 0 Å². The predicted octanol–water partition coefficient (Wildman–Crippen LogP) is -0.639. The highest BCUT2D eigenvalue weighted by Gasteiger charge is 2.55. The van der Waals surface area contributed by atoms with E-state index in [-0.39, 0.29) is 18.6 Å². The Balaban J connectivity index is 1.39. The van der Waals surface area contributed by atoms with Crippen LogP contribution in [0.15, 0.2) is 54.6 Å². The van der Waals surface area contributed by atoms with Crippen molar-refractivity contribution >= 4 is 11.9 Å². The Morgan fingerprint density at radius 2 is 1.75 bits per heavy atom. The van der Waals surface area contributed by atoms with Gasteiger partial charge in [-0.2, -0.15) is 0 Å². The molecule has 2 saturated heterocycles. The van der Waals surface area contributed by atoms with Crippen molar-refractivity contribution in [1.82, 2.24) is 5.32 Å². The molecule has 0 saturated carbocycles. The van der Waals surface area contributed by atoms with Gasteiger partial charge in [0, 0.05) is 30.9 Å². The highest BCUT2D eigenvalue weighted by molar-refractivity contribution is 5.94. The summed E-state index contributed by atoms with van der Waals surface area (Å²) in [6.45, 7) is 0.231. The fourth-order valence-corrected chi connectivity index (χ4v) is 5.34. The molecule has 0 bridgehead atoms. The second kappa shape index (κ2) is 16.6. The number of rotatable bonds is 14. The number of aliphatic carboxylic acids is 1. The highest BCUT2D eigenvalue weighted by Crippen LogP contribution is 2.37. The zero-order chi connectivity index (χ0) is 35.0. The summed E-state index contributed by atoms with van der Waals surface area (Å²) in [7, 11) is 0. The zero-order valence-electron chi connectivity index (χ0n) is 26.1. The smallest absolute Gasteiger partial charge is 0.364 e. The second-order valence-corrected chi connectivity index (χ2v) is 11.6. The van der Waals surface area contributed by atoms with E-state index in [2.05, 4.69) is 11.2 Å². The van der Waals surface area contributed by atoms with Gasteiger partial charge in [-0.3, -0.25) is 4.79 Å². The molecule has 4 rings (SSSR count). The first kappa shape index (κ1) is 37.2. The van der Waals surface area contributed by atoms with Crippen molar-refractivity contribution in [2.75, 3.05) is 19.8 Å². The third kappa shape index (κ3) is 8.87. The van der Waals surface area contributed by atoms with E-state index in [0.717, 1.165) is 0 Å². The minimum absolute atomic E-state index is 0.0434. The van der Waals surface area contributed by atoms with E-state index in [0.29, 0.717) is 11.5 Å². The minimum Gasteiger partial charge on any atom is -0.477 e. The van der Waals surface area contributed by atoms with Crippen LogP contribution >= 0.6 is 0 Å². The molecule has 2 aromatic carbocycles. The van der Waals surface area contributed by atoms with E-state index in [4.69, 9.17) is 30.1 Å². The van der Waals surface area contributed by atoms with Gasteiger partial charge in [0.05, 0.1) is 31.5 Å². The summed E-state index contributed by atoms with van der Waals surface area (Å²) < 4.78 is 27.9. The van der Waals surface area contributed by atoms with E-state index in [1.807, 2.05) is 6.07 Å². The monoisotopic (exact) mass is 675 g/mol. The van der Waals surface area contributed by atoms with E-state index >= 15 is 0 Å². The maximum atomic E-state index is 12.9. The molecule has 0 unspecified atom stereocenters. The summed E-state index contributed by atoms with van der Waals surface area (Å²) in [6, 6.07) is 15.2. The van der Waals surface area contributed by atoms with E-state index in [1.54, 1.807) is 36.4 Å². The van der Waals surface area contributed by atoms with Gasteiger partial charge in [-0.25, -0.2) is 4.79 Å². The molecule has 8 N–H and O–H groups in total. The zero-order valence-corrected chi connectivity index (χ0v) is 26.1. The summed E-state index contributed by atoms with van der Waals surface area (Å²) in [5.41, 5.74) is 0.203. The Bertz CT molecular complexity index is 1400. The third-order valence-electron chi connectivity index (χ3n) is 8.21. The normalized spacial score (nSPS) is 31.6. The minimum atomic E-state index is -2.59. The topological polar surface area (TPSA) is 234 Å². The quantitative estimate of drug-likeness (QED) is 0.0920. The standard InChI is InChI=1S/C33H41NO14/c1-3-4-13-44-31-28(40)27(39)26(38)24(47-31)17-45-33(32(42)43)15-22(35)18(2)29(48-33)25(37)23(36)16-34-30(41)19-9-8-12-21(14-19)46-20-10-6-5-7-11-20/h1,5-12,14,18,22-29,31,35-40H,4,13,15-17H2,2H3,(H,34,41)(H,42,43)/t18-,22+,23-,24-,25-,26+,27+,28-,29-,31-,33-/m1/s1. The number of hydrogen-bond donors (Lipinski definition) is 8. The molecule has 2 aromatic rings. The summed E-state index contributed by atoms with van der Waals surface area (Å²) in [6.07, 6.45) is -9.65. The number of amides is 1. The molecule has 11 atom stereocenters. The lowest BCUT2D eigenvalue weighted by atomic mass is 9.84. The Morgan fingerprint density at radius 3 is 2.44 bits per heavy atom. The average molecular weight is 676 g/mol. The molecule has 0 aromatic heterocycles. The number of para-hydroxylation sites is 1. The first-order valence-electron chi connectivity index (χ1n) is 15.3. The fourth-order valence-electron chi connectivity index (χ4n) is 5.34. The molecule has 48 heavy (non-hydrogen) atoms. The van der Waals surface area contributed by atoms with Crippen LogP contribution in [0.2, 0.25) is 0 Å². The summed E-state index contributed by atoms with van der Waals surface area (Å²) in [5, 5.41) is 76.2. The predicted molar refractivity (Wildman–Crippen MR) is 164 cm³/mol. The molecule has 15 nitrogen and oxygen atoms in total. The van der Waals surface area contributed by atoms with Gasteiger partial charge in [0.25, 0.3) is 11.7 Å². The number of nitrogens with one attached hydrogen (secondary N) is 1. The first-order chi connectivity index (χ1) is 22.9. The molecule has 0 radical (unpaired) electrons. The molecule has 2 fully saturated rings. The van der Waals surface area contributed by atoms with Crippen molar-refractivity contribution in [1.29, 1.82) is 0 Å². The molecule has 2 aliphatic rings. The number of hydrogen-bond acceptors (Lipinski definition) is 13. The summed E-state index contributed by atoms with van der Waals surface area (Å²) in [5.74, 6) is -2.51. The van der Waals surface area contributed by atoms with Crippen LogP contribution in [0.3, 0.4) is 0 Å². The Hall–Kier alpha value is -3.66. The molecule has 1 amide bonds. The molecule has 2 heterocycles. The maximum Gasteiger partial charge on any atom is 0.364 e. The average Bonchev–Trinajstić information content (AvgIpc) is 3.08. The van der Waals surface area contributed by atoms with Crippen LogP contribution in [0, 0.1) is 18.3 Å². The van der Waals surface area contributed by atoms with E-state index in [1.165, 1.54) is 19.1 Å². The summed E-state index contributed by atoms with van der Waals surface area (Å²) in [4.78, 5) is 25.3. The molecular weight excluding hydrogens is 634 g/mol. The van der Waals surface area contributed by atoms with Gasteiger partial charge < -0.3 is 64.7 Å². The van der Waals surface area contributed by atoms with Crippen molar-refractivity contribution in [2.45, 2.75) is 80.7 Å². The van der Waals surface area contributed by atoms with Crippen LogP contribution in [0.25, 0.3) is 0 Å². The number of aliphatic hydroxyl groups excluding tert-OH is 6. The van der Waals surface area contributed by atoms with Gasteiger partial charge in [0.1, 0.15) is 42.0 Å². The van der Waals surface area contributed by atoms with Crippen molar-refractivity contribution in [3.05, 3.63) is 60.2 Å². The number of benzene rings is 2. The maximum absolute atomic E-state index is 12.9. The van der Waals surface area contributed by atoms with Crippen LogP contribution < -0.4 is 10.1 Å². The van der Waals surface area contributed by atoms with Gasteiger partial charge in [-0.05, 0) is 30.3 Å². The Kier molecular flexibility index (Phi) is 12.9. The number of ether oxygens (including phenoxy) is 5. The number of carboxylic acids is 1. The summed E-state index contributed by atoms with van der Waals surface area (Å²) >= 11 is 0. The van der Waals surface area contributed by atoms with Gasteiger partial charge in [0.2, 0.25) is 0 Å². The number of carbonyl (C=O) groups is 2. The van der Waals surface area contributed by atoms with E-state index in [9.17, 15) is 45.3 Å². The van der Waals surface area contributed by atoms with Crippen LogP contribution in [-0.4, -0.2) is 128 Å². The molecule has 0 aliphatic carbocycles. The van der Waals surface area contributed by atoms with Gasteiger partial charge >= 0.3 is 5.97 Å². The van der Waals surface area contributed by atoms with Crippen molar-refractivity contribution in [3.63, 3.8) is 0 Å². The fraction of sp³-hybridized carbons (Fsp3) is 0.515. The van der Waals surface area contributed by atoms with Crippen molar-refractivity contribution < 1.29 is 69.0 Å². The Morgan fingerprint density at radius 1 is 1.04 bits per heavy atom. The van der Waals surface area contributed by atoms with Gasteiger partial charge in [-0.15, -0.1) is 12.3 Å². The van der Waals surface area contributed by atoms with Crippen LogP contribution in [-0.2, 0) is 23.7 Å². The largest absolute Gasteiger partial charge is 0.477 e. The lowest BCUT2D eigenvalue weighted by molar-refractivity contribution is -0.341. The number of carbonyl (C=O) groups excluding carboxylic acids is 1. The molecule has 2 aliphatic heterocycles. The van der Waals surface area contributed by atoms with Crippen LogP contribution in [0.5, 0.6) is 11.5 Å². The molecule has 0 spiro atoms. The van der Waals surface area contributed by atoms with E-state index < -0.39 is 98.3 Å². The lowest BCUT2D eigenvalue weighted by Gasteiger charge is -2.46. The number of aliphatic hydroxyl groups is 6. The molecule has 15 heteroatoms. The highest BCUT2D eigenvalue weighted by atomic mass is 16.7.